The molecule has 0 radical (unpaired) electrons. The molecule has 43 heavy (non-hydrogen) atoms. The lowest BCUT2D eigenvalue weighted by atomic mass is 10.1. The van der Waals surface area contributed by atoms with Crippen LogP contribution in [0.4, 0.5) is 9.59 Å². The van der Waals surface area contributed by atoms with E-state index >= 15 is 0 Å². The molecule has 2 fully saturated rings. The van der Waals surface area contributed by atoms with Gasteiger partial charge in [-0.15, -0.1) is 0 Å². The van der Waals surface area contributed by atoms with E-state index in [0.29, 0.717) is 12.4 Å². The van der Waals surface area contributed by atoms with E-state index in [1.165, 1.54) is 5.56 Å². The van der Waals surface area contributed by atoms with Gasteiger partial charge in [0.15, 0.2) is 5.82 Å². The molecule has 11 heteroatoms. The summed E-state index contributed by atoms with van der Waals surface area (Å²) in [5.41, 5.74) is -1.45. The van der Waals surface area contributed by atoms with Crippen LogP contribution in [0.3, 0.4) is 0 Å². The molecule has 11 nitrogen and oxygen atoms in total. The second kappa shape index (κ2) is 11.8. The van der Waals surface area contributed by atoms with Crippen molar-refractivity contribution in [2.45, 2.75) is 128 Å². The maximum Gasteiger partial charge on any atom is 0.410 e. The molecule has 0 unspecified atom stereocenters. The standard InChI is InChI=1S/C32H46N4O7/c1-29(2,3)40-25(37)22(33-27(38)41-30(4,5)6)18-24-34-26(35-43-24)32(15-16-32)19-36(28(39)42-31(7,8)9)23-17-21(23)20-13-11-10-12-14-20/h10-14,21-23H,15-19H2,1-9H3,(H,33,38)/t21-,22-,23+/m0/s1. The van der Waals surface area contributed by atoms with E-state index in [1.807, 2.05) is 43.9 Å². The monoisotopic (exact) mass is 598 g/mol. The van der Waals surface area contributed by atoms with Gasteiger partial charge in [-0.1, -0.05) is 35.5 Å². The third-order valence-corrected chi connectivity index (χ3v) is 7.04. The van der Waals surface area contributed by atoms with Gasteiger partial charge in [-0.25, -0.2) is 14.4 Å². The van der Waals surface area contributed by atoms with Crippen LogP contribution in [0.2, 0.25) is 0 Å². The van der Waals surface area contributed by atoms with Crippen molar-refractivity contribution in [3.05, 3.63) is 47.6 Å². The quantitative estimate of drug-likeness (QED) is 0.286. The van der Waals surface area contributed by atoms with E-state index in [4.69, 9.17) is 18.7 Å². The summed E-state index contributed by atoms with van der Waals surface area (Å²) in [5, 5.41) is 6.85. The molecule has 0 aliphatic heterocycles. The predicted octanol–water partition coefficient (Wildman–Crippen LogP) is 5.67. The van der Waals surface area contributed by atoms with Gasteiger partial charge in [0.25, 0.3) is 0 Å². The highest BCUT2D eigenvalue weighted by Crippen LogP contribution is 2.51. The number of carbonyl (C=O) groups excluding carboxylic acids is 3. The number of amides is 2. The summed E-state index contributed by atoms with van der Waals surface area (Å²) in [6, 6.07) is 9.08. The van der Waals surface area contributed by atoms with Gasteiger partial charge < -0.3 is 29.0 Å². The Balaban J connectivity index is 1.51. The number of esters is 1. The van der Waals surface area contributed by atoms with Gasteiger partial charge in [0, 0.05) is 18.5 Å². The van der Waals surface area contributed by atoms with Gasteiger partial charge in [0.2, 0.25) is 5.89 Å². The Bertz CT molecular complexity index is 1300. The molecule has 0 spiro atoms. The number of carbonyl (C=O) groups is 3. The number of alkyl carbamates (subject to hydrolysis) is 1. The molecule has 1 N–H and O–H groups in total. The zero-order chi connectivity index (χ0) is 31.8. The van der Waals surface area contributed by atoms with E-state index in [0.717, 1.165) is 19.3 Å². The van der Waals surface area contributed by atoms with Crippen LogP contribution in [0.1, 0.15) is 105 Å². The molecule has 2 aromatic rings. The third kappa shape index (κ3) is 9.18. The van der Waals surface area contributed by atoms with E-state index < -0.39 is 40.3 Å². The van der Waals surface area contributed by atoms with Crippen LogP contribution in [-0.4, -0.2) is 68.6 Å². The summed E-state index contributed by atoms with van der Waals surface area (Å²) in [5.74, 6) is 0.230. The first kappa shape index (κ1) is 32.3. The van der Waals surface area contributed by atoms with Crippen molar-refractivity contribution in [2.75, 3.05) is 6.54 Å². The number of nitrogens with zero attached hydrogens (tertiary/aromatic N) is 3. The van der Waals surface area contributed by atoms with E-state index in [2.05, 4.69) is 27.6 Å². The fraction of sp³-hybridized carbons (Fsp3) is 0.656. The zero-order valence-corrected chi connectivity index (χ0v) is 26.9. The minimum Gasteiger partial charge on any atom is -0.458 e. The maximum atomic E-state index is 13.4. The summed E-state index contributed by atoms with van der Waals surface area (Å²) in [4.78, 5) is 45.4. The third-order valence-electron chi connectivity index (χ3n) is 7.04. The Hall–Kier alpha value is -3.63. The molecular formula is C32H46N4O7. The van der Waals surface area contributed by atoms with Crippen molar-refractivity contribution in [3.8, 4) is 0 Å². The van der Waals surface area contributed by atoms with Gasteiger partial charge in [0.05, 0.1) is 11.8 Å². The maximum absolute atomic E-state index is 13.4. The summed E-state index contributed by atoms with van der Waals surface area (Å²) in [6.07, 6.45) is 1.21. The van der Waals surface area contributed by atoms with Crippen LogP contribution in [0.5, 0.6) is 0 Å². The van der Waals surface area contributed by atoms with Gasteiger partial charge in [-0.2, -0.15) is 4.98 Å². The Labute approximate surface area is 254 Å². The van der Waals surface area contributed by atoms with E-state index in [9.17, 15) is 14.4 Å². The molecule has 1 heterocycles. The molecule has 0 bridgehead atoms. The van der Waals surface area contributed by atoms with E-state index in [-0.39, 0.29) is 30.4 Å². The van der Waals surface area contributed by atoms with Gasteiger partial charge in [0.1, 0.15) is 22.8 Å². The van der Waals surface area contributed by atoms with Crippen molar-refractivity contribution < 1.29 is 33.1 Å². The lowest BCUT2D eigenvalue weighted by Gasteiger charge is -2.30. The summed E-state index contributed by atoms with van der Waals surface area (Å²) in [7, 11) is 0. The number of hydrogen-bond acceptors (Lipinski definition) is 9. The molecule has 2 amide bonds. The molecule has 2 aliphatic rings. The second-order valence-corrected chi connectivity index (χ2v) is 14.7. The lowest BCUT2D eigenvalue weighted by Crippen LogP contribution is -2.47. The fourth-order valence-electron chi connectivity index (χ4n) is 4.90. The van der Waals surface area contributed by atoms with Crippen LogP contribution in [0.15, 0.2) is 34.9 Å². The molecular weight excluding hydrogens is 552 g/mol. The average molecular weight is 599 g/mol. The number of aromatic nitrogens is 2. The number of nitrogens with one attached hydrogen (secondary N) is 1. The molecule has 1 aromatic heterocycles. The van der Waals surface area contributed by atoms with Crippen LogP contribution in [0, 0.1) is 0 Å². The average Bonchev–Trinajstić information content (AvgIpc) is 3.76. The highest BCUT2D eigenvalue weighted by Gasteiger charge is 2.55. The molecule has 4 rings (SSSR count). The minimum atomic E-state index is -1.10. The van der Waals surface area contributed by atoms with Crippen molar-refractivity contribution in [3.63, 3.8) is 0 Å². The molecule has 3 atom stereocenters. The number of hydrogen-bond donors (Lipinski definition) is 1. The Morgan fingerprint density at radius 1 is 0.953 bits per heavy atom. The molecule has 2 aliphatic carbocycles. The Morgan fingerprint density at radius 2 is 1.56 bits per heavy atom. The second-order valence-electron chi connectivity index (χ2n) is 14.7. The summed E-state index contributed by atoms with van der Waals surface area (Å²) >= 11 is 0. The van der Waals surface area contributed by atoms with Crippen LogP contribution in [-0.2, 0) is 30.8 Å². The normalized spacial score (nSPS) is 20.0. The first-order valence-corrected chi connectivity index (χ1v) is 14.9. The van der Waals surface area contributed by atoms with Crippen molar-refractivity contribution in [2.24, 2.45) is 0 Å². The van der Waals surface area contributed by atoms with Gasteiger partial charge >= 0.3 is 18.2 Å². The number of ether oxygens (including phenoxy) is 3. The minimum absolute atomic E-state index is 0.00988. The molecule has 236 valence electrons. The number of rotatable bonds is 9. The highest BCUT2D eigenvalue weighted by atomic mass is 16.6. The van der Waals surface area contributed by atoms with Crippen LogP contribution in [0.25, 0.3) is 0 Å². The zero-order valence-electron chi connectivity index (χ0n) is 26.9. The SMILES string of the molecule is CC(C)(C)OC(=O)N[C@@H](Cc1nc(C2(CN(C(=O)OC(C)(C)C)[C@@H]3C[C@H]3c3ccccc3)CC2)no1)C(=O)OC(C)(C)C. The fourth-order valence-corrected chi connectivity index (χ4v) is 4.90. The Morgan fingerprint density at radius 3 is 2.12 bits per heavy atom. The summed E-state index contributed by atoms with van der Waals surface area (Å²) < 4.78 is 22.3. The van der Waals surface area contributed by atoms with Crippen molar-refractivity contribution in [1.82, 2.24) is 20.4 Å². The van der Waals surface area contributed by atoms with E-state index in [1.54, 1.807) is 41.5 Å². The molecule has 0 saturated heterocycles. The predicted molar refractivity (Wildman–Crippen MR) is 158 cm³/mol. The largest absolute Gasteiger partial charge is 0.458 e. The number of benzene rings is 1. The van der Waals surface area contributed by atoms with Crippen molar-refractivity contribution >= 4 is 18.2 Å². The summed E-state index contributed by atoms with van der Waals surface area (Å²) in [6.45, 7) is 16.4. The topological polar surface area (TPSA) is 133 Å². The first-order valence-electron chi connectivity index (χ1n) is 14.9. The van der Waals surface area contributed by atoms with Gasteiger partial charge in [-0.3, -0.25) is 0 Å². The molecule has 2 saturated carbocycles. The first-order chi connectivity index (χ1) is 19.8. The lowest BCUT2D eigenvalue weighted by molar-refractivity contribution is -0.157. The highest BCUT2D eigenvalue weighted by molar-refractivity contribution is 5.82. The molecule has 1 aromatic carbocycles. The van der Waals surface area contributed by atoms with Crippen molar-refractivity contribution in [1.29, 1.82) is 0 Å². The Kier molecular flexibility index (Phi) is 8.86. The van der Waals surface area contributed by atoms with Gasteiger partial charge in [-0.05, 0) is 87.1 Å². The smallest absolute Gasteiger partial charge is 0.410 e. The van der Waals surface area contributed by atoms with Crippen LogP contribution >= 0.6 is 0 Å². The van der Waals surface area contributed by atoms with Crippen LogP contribution < -0.4 is 5.32 Å².